The number of likely N-dealkylation sites (tertiary alicyclic amines) is 1. The number of ether oxygens (including phenoxy) is 3. The van der Waals surface area contributed by atoms with E-state index in [1.54, 1.807) is 0 Å². The van der Waals surface area contributed by atoms with E-state index in [2.05, 4.69) is 99.2 Å². The van der Waals surface area contributed by atoms with Gasteiger partial charge in [0.2, 0.25) is 0 Å². The maximum absolute atomic E-state index is 13.1. The van der Waals surface area contributed by atoms with Crippen molar-refractivity contribution < 1.29 is 38.5 Å². The summed E-state index contributed by atoms with van der Waals surface area (Å²) >= 11 is 0. The van der Waals surface area contributed by atoms with E-state index < -0.39 is 11.6 Å². The molecule has 3 amide bonds. The fourth-order valence-corrected chi connectivity index (χ4v) is 9.95. The lowest BCUT2D eigenvalue weighted by Gasteiger charge is -2.41. The SMILES string of the molecule is CC(=O)O.C[C@@H]1C(=O)NN=C2COc3ccc([C@@H]4CCN(C(=O)OC(C)(C)C)[C@H](Cc5ccccc5)C4)cc3N21.C[C@@H]1C(=O)NN=C2COc3ccc([C@@H]4CCN[C@H](Cc5ccccc5)C4)cc3N21. The van der Waals surface area contributed by atoms with Crippen LogP contribution in [0.2, 0.25) is 0 Å². The van der Waals surface area contributed by atoms with Crippen LogP contribution in [0.15, 0.2) is 107 Å². The number of amides is 3. The number of hydrazone groups is 2. The molecule has 6 aliphatic heterocycles. The van der Waals surface area contributed by atoms with Gasteiger partial charge in [0.15, 0.2) is 11.7 Å². The van der Waals surface area contributed by atoms with E-state index in [0.29, 0.717) is 37.6 Å². The van der Waals surface area contributed by atoms with E-state index in [-0.39, 0.29) is 42.0 Å². The molecule has 10 rings (SSSR count). The smallest absolute Gasteiger partial charge is 0.410 e. The summed E-state index contributed by atoms with van der Waals surface area (Å²) in [6.45, 7) is 12.9. The lowest BCUT2D eigenvalue weighted by molar-refractivity contribution is -0.134. The number of rotatable bonds is 6. The van der Waals surface area contributed by atoms with Crippen LogP contribution in [0.1, 0.15) is 101 Å². The molecule has 0 spiro atoms. The van der Waals surface area contributed by atoms with Crippen molar-refractivity contribution in [1.82, 2.24) is 21.1 Å². The number of aliphatic carboxylic acids is 1. The highest BCUT2D eigenvalue weighted by atomic mass is 16.6. The van der Waals surface area contributed by atoms with Crippen molar-refractivity contribution in [3.05, 3.63) is 119 Å². The molecule has 69 heavy (non-hydrogen) atoms. The monoisotopic (exact) mass is 940 g/mol. The zero-order valence-electron chi connectivity index (χ0n) is 40.3. The molecule has 0 radical (unpaired) electrons. The molecule has 4 N–H and O–H groups in total. The van der Waals surface area contributed by atoms with Crippen molar-refractivity contribution in [2.45, 2.75) is 122 Å². The Balaban J connectivity index is 0.000000176. The minimum absolute atomic E-state index is 0.0186. The number of hydrogen-bond acceptors (Lipinski definition) is 12. The third-order valence-electron chi connectivity index (χ3n) is 13.3. The van der Waals surface area contributed by atoms with Gasteiger partial charge in [-0.05, 0) is 138 Å². The number of piperidine rings is 2. The van der Waals surface area contributed by atoms with Crippen molar-refractivity contribution in [2.75, 3.05) is 36.1 Å². The van der Waals surface area contributed by atoms with Gasteiger partial charge in [-0.3, -0.25) is 14.4 Å². The molecule has 6 heterocycles. The molecule has 364 valence electrons. The van der Waals surface area contributed by atoms with Crippen molar-refractivity contribution in [2.24, 2.45) is 10.2 Å². The van der Waals surface area contributed by atoms with Crippen LogP contribution in [0.4, 0.5) is 16.2 Å². The second-order valence-electron chi connectivity index (χ2n) is 19.5. The molecule has 4 aromatic carbocycles. The summed E-state index contributed by atoms with van der Waals surface area (Å²) in [4.78, 5) is 52.5. The lowest BCUT2D eigenvalue weighted by Crippen LogP contribution is -2.55. The molecule has 4 aromatic rings. The number of fused-ring (bicyclic) bond motifs is 6. The molecule has 2 fully saturated rings. The first-order chi connectivity index (χ1) is 33.1. The first kappa shape index (κ1) is 48.5. The van der Waals surface area contributed by atoms with Crippen molar-refractivity contribution in [3.8, 4) is 11.5 Å². The average Bonchev–Trinajstić information content (AvgIpc) is 3.33. The summed E-state index contributed by atoms with van der Waals surface area (Å²) in [5.41, 5.74) is 11.5. The fourth-order valence-electron chi connectivity index (χ4n) is 9.95. The summed E-state index contributed by atoms with van der Waals surface area (Å²) in [6, 6.07) is 33.5. The van der Waals surface area contributed by atoms with Gasteiger partial charge in [-0.25, -0.2) is 15.6 Å². The molecule has 6 atom stereocenters. The number of hydrogen-bond donors (Lipinski definition) is 4. The molecule has 0 aliphatic carbocycles. The predicted molar refractivity (Wildman–Crippen MR) is 265 cm³/mol. The highest BCUT2D eigenvalue weighted by molar-refractivity contribution is 6.10. The second kappa shape index (κ2) is 21.1. The molecule has 16 nitrogen and oxygen atoms in total. The lowest BCUT2D eigenvalue weighted by atomic mass is 9.83. The van der Waals surface area contributed by atoms with Crippen molar-refractivity contribution >= 4 is 46.9 Å². The van der Waals surface area contributed by atoms with Crippen molar-refractivity contribution in [1.29, 1.82) is 0 Å². The fraction of sp³-hybridized carbons (Fsp3) is 0.434. The molecule has 6 aliphatic rings. The molecule has 2 saturated heterocycles. The number of amidine groups is 2. The molecular weight excluding hydrogens is 877 g/mol. The predicted octanol–water partition coefficient (Wildman–Crippen LogP) is 7.33. The van der Waals surface area contributed by atoms with Gasteiger partial charge in [-0.2, -0.15) is 10.2 Å². The van der Waals surface area contributed by atoms with Gasteiger partial charge < -0.3 is 39.3 Å². The van der Waals surface area contributed by atoms with E-state index in [1.165, 1.54) is 22.3 Å². The first-order valence-corrected chi connectivity index (χ1v) is 24.0. The van der Waals surface area contributed by atoms with Gasteiger partial charge in [0.25, 0.3) is 17.8 Å². The van der Waals surface area contributed by atoms with E-state index in [4.69, 9.17) is 24.1 Å². The van der Waals surface area contributed by atoms with Crippen LogP contribution in [-0.4, -0.2) is 102 Å². The summed E-state index contributed by atoms with van der Waals surface area (Å²) in [7, 11) is 0. The van der Waals surface area contributed by atoms with Crippen LogP contribution >= 0.6 is 0 Å². The number of carboxylic acid groups (broad SMARTS) is 1. The summed E-state index contributed by atoms with van der Waals surface area (Å²) in [5.74, 6) is 2.74. The number of nitrogens with one attached hydrogen (secondary N) is 3. The molecule has 16 heteroatoms. The zero-order valence-corrected chi connectivity index (χ0v) is 40.3. The number of carbonyl (C=O) groups excluding carboxylic acids is 3. The average molecular weight is 941 g/mol. The third-order valence-corrected chi connectivity index (χ3v) is 13.3. The molecule has 0 saturated carbocycles. The molecular formula is C53H64N8O8. The number of carbonyl (C=O) groups is 4. The normalized spacial score (nSPS) is 23.6. The number of anilines is 2. The number of benzene rings is 4. The summed E-state index contributed by atoms with van der Waals surface area (Å²) in [6.07, 6.45) is 5.44. The standard InChI is InChI=1S/C28H34N4O4.C23H26N4O2.C2H4O2/c1-18-26(33)30-29-25-17-35-24-11-10-20(16-23(24)32(18)25)21-12-13-31(27(34)36-28(2,3)4)22(15-21)14-19-8-6-5-7-9-19;1-15-23(28)26-25-22-14-29-21-8-7-17(13-20(21)27(15)22)18-9-10-24-19(12-18)11-16-5-3-2-4-6-16;1-2(3)4/h5-11,16,18,21-22H,12-15,17H2,1-4H3,(H,30,33);2-8,13,15,18-19,24H,9-12,14H2,1H3,(H,26,28);1H3,(H,3,4)/t18-,21-,22-;15-,18-,19-;/m11./s1. The Kier molecular flexibility index (Phi) is 14.9. The number of nitrogens with zero attached hydrogens (tertiary/aromatic N) is 5. The summed E-state index contributed by atoms with van der Waals surface area (Å²) < 4.78 is 17.6. The van der Waals surface area contributed by atoms with Crippen LogP contribution in [0.5, 0.6) is 11.5 Å². The van der Waals surface area contributed by atoms with Crippen LogP contribution < -0.4 is 35.4 Å². The molecule has 0 bridgehead atoms. The quantitative estimate of drug-likeness (QED) is 0.152. The highest BCUT2D eigenvalue weighted by Crippen LogP contribution is 2.42. The third kappa shape index (κ3) is 11.7. The van der Waals surface area contributed by atoms with Gasteiger partial charge in [0.05, 0.1) is 11.4 Å². The molecule has 0 unspecified atom stereocenters. The Morgan fingerprint density at radius 1 is 0.725 bits per heavy atom. The topological polar surface area (TPSA) is 187 Å². The van der Waals surface area contributed by atoms with Gasteiger partial charge in [0, 0.05) is 25.6 Å². The Morgan fingerprint density at radius 2 is 1.22 bits per heavy atom. The Bertz CT molecular complexity index is 2560. The molecule has 0 aromatic heterocycles. The Labute approximate surface area is 404 Å². The highest BCUT2D eigenvalue weighted by Gasteiger charge is 2.39. The first-order valence-electron chi connectivity index (χ1n) is 24.0. The van der Waals surface area contributed by atoms with Crippen LogP contribution in [-0.2, 0) is 32.0 Å². The summed E-state index contributed by atoms with van der Waals surface area (Å²) in [5, 5.41) is 19.5. The van der Waals surface area contributed by atoms with Gasteiger partial charge in [0.1, 0.15) is 42.4 Å². The van der Waals surface area contributed by atoms with Gasteiger partial charge >= 0.3 is 6.09 Å². The van der Waals surface area contributed by atoms with E-state index >= 15 is 0 Å². The van der Waals surface area contributed by atoms with Crippen molar-refractivity contribution in [3.63, 3.8) is 0 Å². The Morgan fingerprint density at radius 3 is 1.72 bits per heavy atom. The van der Waals surface area contributed by atoms with E-state index in [0.717, 1.165) is 80.7 Å². The van der Waals surface area contributed by atoms with Crippen LogP contribution in [0.3, 0.4) is 0 Å². The second-order valence-corrected chi connectivity index (χ2v) is 19.5. The minimum atomic E-state index is -0.833. The maximum Gasteiger partial charge on any atom is 0.410 e. The zero-order chi connectivity index (χ0) is 48.8. The van der Waals surface area contributed by atoms with Crippen LogP contribution in [0.25, 0.3) is 0 Å². The van der Waals surface area contributed by atoms with E-state index in [1.807, 2.05) is 73.6 Å². The largest absolute Gasteiger partial charge is 0.483 e. The van der Waals surface area contributed by atoms with Gasteiger partial charge in [-0.1, -0.05) is 72.8 Å². The van der Waals surface area contributed by atoms with Gasteiger partial charge in [-0.15, -0.1) is 0 Å². The Hall–Kier alpha value is -6.94. The van der Waals surface area contributed by atoms with Crippen LogP contribution in [0, 0.1) is 0 Å². The minimum Gasteiger partial charge on any atom is -0.483 e. The van der Waals surface area contributed by atoms with E-state index in [9.17, 15) is 14.4 Å². The number of carboxylic acids is 1. The maximum atomic E-state index is 13.1.